The number of methoxy groups -OCH3 is 2. The van der Waals surface area contributed by atoms with Crippen LogP contribution in [0.1, 0.15) is 18.1 Å². The van der Waals surface area contributed by atoms with Gasteiger partial charge in [-0.25, -0.2) is 12.8 Å². The molecule has 4 rings (SSSR count). The Labute approximate surface area is 283 Å². The summed E-state index contributed by atoms with van der Waals surface area (Å²) in [5, 5.41) is 3.35. The molecule has 0 spiro atoms. The summed E-state index contributed by atoms with van der Waals surface area (Å²) >= 11 is 12.4. The van der Waals surface area contributed by atoms with Crippen LogP contribution in [-0.4, -0.2) is 58.5 Å². The number of benzene rings is 4. The topological polar surface area (TPSA) is 105 Å². The molecule has 47 heavy (non-hydrogen) atoms. The van der Waals surface area contributed by atoms with Gasteiger partial charge in [-0.15, -0.1) is 0 Å². The highest BCUT2D eigenvalue weighted by Crippen LogP contribution is 2.33. The summed E-state index contributed by atoms with van der Waals surface area (Å²) in [5.74, 6) is -1.27. The maximum Gasteiger partial charge on any atom is 0.264 e. The molecule has 0 aliphatic rings. The van der Waals surface area contributed by atoms with Crippen molar-refractivity contribution >= 4 is 50.7 Å². The van der Waals surface area contributed by atoms with E-state index in [0.29, 0.717) is 22.9 Å². The Balaban J connectivity index is 1.83. The zero-order valence-electron chi connectivity index (χ0n) is 26.0. The molecule has 0 saturated heterocycles. The Kier molecular flexibility index (Phi) is 12.1. The van der Waals surface area contributed by atoms with Gasteiger partial charge < -0.3 is 19.7 Å². The molecular weight excluding hydrogens is 668 g/mol. The fourth-order valence-corrected chi connectivity index (χ4v) is 6.67. The van der Waals surface area contributed by atoms with E-state index in [1.807, 2.05) is 30.3 Å². The SMILES string of the molecule is CCNC(=O)[C@@H](Cc1ccccc1)N(Cc1ccc(Cl)c(Cl)c1)C(=O)CN(c1ccc(F)cc1)S(=O)(=O)c1ccc(OC)c(OC)c1. The van der Waals surface area contributed by atoms with Crippen molar-refractivity contribution < 1.29 is 31.9 Å². The van der Waals surface area contributed by atoms with Gasteiger partial charge in [-0.2, -0.15) is 0 Å². The third-order valence-electron chi connectivity index (χ3n) is 7.30. The first kappa shape index (κ1) is 35.5. The minimum atomic E-state index is -4.46. The van der Waals surface area contributed by atoms with Gasteiger partial charge in [0.2, 0.25) is 11.8 Å². The van der Waals surface area contributed by atoms with Crippen LogP contribution < -0.4 is 19.1 Å². The predicted molar refractivity (Wildman–Crippen MR) is 180 cm³/mol. The second-order valence-corrected chi connectivity index (χ2v) is 13.1. The smallest absolute Gasteiger partial charge is 0.264 e. The lowest BCUT2D eigenvalue weighted by molar-refractivity contribution is -0.140. The van der Waals surface area contributed by atoms with Crippen LogP contribution in [0.5, 0.6) is 11.5 Å². The molecule has 0 fully saturated rings. The normalized spacial score (nSPS) is 11.8. The highest BCUT2D eigenvalue weighted by atomic mass is 35.5. The quantitative estimate of drug-likeness (QED) is 0.170. The predicted octanol–water partition coefficient (Wildman–Crippen LogP) is 6.12. The first-order valence-corrected chi connectivity index (χ1v) is 16.7. The Morgan fingerprint density at radius 1 is 0.851 bits per heavy atom. The average molecular weight is 703 g/mol. The zero-order valence-corrected chi connectivity index (χ0v) is 28.3. The molecule has 0 aromatic heterocycles. The number of halogens is 3. The molecule has 0 aliphatic heterocycles. The number of anilines is 1. The number of carbonyl (C=O) groups excluding carboxylic acids is 2. The molecule has 248 valence electrons. The van der Waals surface area contributed by atoms with E-state index in [2.05, 4.69) is 5.32 Å². The number of rotatable bonds is 14. The summed E-state index contributed by atoms with van der Waals surface area (Å²) in [4.78, 5) is 29.2. The van der Waals surface area contributed by atoms with Gasteiger partial charge in [0, 0.05) is 25.6 Å². The summed E-state index contributed by atoms with van der Waals surface area (Å²) in [5.41, 5.74) is 1.37. The van der Waals surface area contributed by atoms with Crippen LogP contribution >= 0.6 is 23.2 Å². The minimum Gasteiger partial charge on any atom is -0.493 e. The van der Waals surface area contributed by atoms with Crippen LogP contribution in [0.2, 0.25) is 10.0 Å². The molecule has 0 aliphatic carbocycles. The number of ether oxygens (including phenoxy) is 2. The van der Waals surface area contributed by atoms with Crippen molar-refractivity contribution in [2.45, 2.75) is 30.8 Å². The molecule has 0 heterocycles. The van der Waals surface area contributed by atoms with Crippen LogP contribution in [0.25, 0.3) is 0 Å². The van der Waals surface area contributed by atoms with Gasteiger partial charge >= 0.3 is 0 Å². The molecule has 9 nitrogen and oxygen atoms in total. The third-order valence-corrected chi connectivity index (χ3v) is 9.80. The van der Waals surface area contributed by atoms with Gasteiger partial charge in [-0.1, -0.05) is 59.6 Å². The minimum absolute atomic E-state index is 0.0293. The van der Waals surface area contributed by atoms with Gasteiger partial charge in [0.25, 0.3) is 10.0 Å². The van der Waals surface area contributed by atoms with Gasteiger partial charge in [-0.05, 0) is 66.6 Å². The maximum atomic E-state index is 14.5. The van der Waals surface area contributed by atoms with E-state index in [1.54, 1.807) is 25.1 Å². The number of sulfonamides is 1. The standard InChI is InChI=1S/C34H34Cl2FN3O6S/c1-4-38-34(42)30(19-23-8-6-5-7-9-23)39(21-24-10-16-28(35)29(36)18-24)33(41)22-40(26-13-11-25(37)12-14-26)47(43,44)27-15-17-31(45-2)32(20-27)46-3/h5-18,20,30H,4,19,21-22H2,1-3H3,(H,38,42)/t30-/m1/s1. The van der Waals surface area contributed by atoms with E-state index in [9.17, 15) is 22.4 Å². The Hall–Kier alpha value is -4.32. The monoisotopic (exact) mass is 701 g/mol. The van der Waals surface area contributed by atoms with E-state index in [1.165, 1.54) is 49.5 Å². The summed E-state index contributed by atoms with van der Waals surface area (Å²) in [7, 11) is -1.68. The summed E-state index contributed by atoms with van der Waals surface area (Å²) in [6.07, 6.45) is 0.138. The number of nitrogens with one attached hydrogen (secondary N) is 1. The number of nitrogens with zero attached hydrogens (tertiary/aromatic N) is 2. The highest BCUT2D eigenvalue weighted by molar-refractivity contribution is 7.92. The van der Waals surface area contributed by atoms with Gasteiger partial charge in [0.05, 0.1) is 34.8 Å². The lowest BCUT2D eigenvalue weighted by Gasteiger charge is -2.34. The molecule has 1 N–H and O–H groups in total. The number of likely N-dealkylation sites (N-methyl/N-ethyl adjacent to an activating group) is 1. The Bertz CT molecular complexity index is 1810. The molecular formula is C34H34Cl2FN3O6S. The molecule has 0 radical (unpaired) electrons. The fraction of sp³-hybridized carbons (Fsp3) is 0.235. The first-order valence-electron chi connectivity index (χ1n) is 14.5. The number of amides is 2. The molecule has 0 bridgehead atoms. The average Bonchev–Trinajstić information content (AvgIpc) is 3.07. The largest absolute Gasteiger partial charge is 0.493 e. The fourth-order valence-electron chi connectivity index (χ4n) is 4.92. The molecule has 1 atom stereocenters. The molecule has 13 heteroatoms. The van der Waals surface area contributed by atoms with Crippen molar-refractivity contribution in [2.75, 3.05) is 31.6 Å². The first-order chi connectivity index (χ1) is 22.5. The van der Waals surface area contributed by atoms with E-state index in [0.717, 1.165) is 22.0 Å². The van der Waals surface area contributed by atoms with E-state index < -0.39 is 40.2 Å². The highest BCUT2D eigenvalue weighted by Gasteiger charge is 2.35. The number of hydrogen-bond donors (Lipinski definition) is 1. The second-order valence-electron chi connectivity index (χ2n) is 10.4. The number of hydrogen-bond acceptors (Lipinski definition) is 6. The van der Waals surface area contributed by atoms with Crippen LogP contribution in [0.15, 0.2) is 95.9 Å². The van der Waals surface area contributed by atoms with Crippen LogP contribution in [0.4, 0.5) is 10.1 Å². The zero-order chi connectivity index (χ0) is 34.1. The van der Waals surface area contributed by atoms with Crippen molar-refractivity contribution in [1.82, 2.24) is 10.2 Å². The lowest BCUT2D eigenvalue weighted by atomic mass is 10.0. The maximum absolute atomic E-state index is 14.5. The summed E-state index contributed by atoms with van der Waals surface area (Å²) in [6, 6.07) is 21.7. The molecule has 4 aromatic rings. The van der Waals surface area contributed by atoms with Crippen molar-refractivity contribution in [3.63, 3.8) is 0 Å². The van der Waals surface area contributed by atoms with E-state index in [-0.39, 0.29) is 34.3 Å². The van der Waals surface area contributed by atoms with Gasteiger partial charge in [-0.3, -0.25) is 13.9 Å². The van der Waals surface area contributed by atoms with E-state index >= 15 is 0 Å². The van der Waals surface area contributed by atoms with Gasteiger partial charge in [0.15, 0.2) is 11.5 Å². The van der Waals surface area contributed by atoms with Crippen molar-refractivity contribution in [3.05, 3.63) is 118 Å². The Morgan fingerprint density at radius 3 is 2.15 bits per heavy atom. The number of carbonyl (C=O) groups is 2. The Morgan fingerprint density at radius 2 is 1.53 bits per heavy atom. The molecule has 4 aromatic carbocycles. The van der Waals surface area contributed by atoms with Gasteiger partial charge in [0.1, 0.15) is 18.4 Å². The molecule has 0 unspecified atom stereocenters. The van der Waals surface area contributed by atoms with Crippen molar-refractivity contribution in [3.8, 4) is 11.5 Å². The van der Waals surface area contributed by atoms with Crippen LogP contribution in [0.3, 0.4) is 0 Å². The van der Waals surface area contributed by atoms with Crippen molar-refractivity contribution in [1.29, 1.82) is 0 Å². The van der Waals surface area contributed by atoms with Crippen LogP contribution in [0, 0.1) is 5.82 Å². The summed E-state index contributed by atoms with van der Waals surface area (Å²) in [6.45, 7) is 1.23. The third kappa shape index (κ3) is 8.73. The van der Waals surface area contributed by atoms with Crippen molar-refractivity contribution in [2.24, 2.45) is 0 Å². The second kappa shape index (κ2) is 16.0. The van der Waals surface area contributed by atoms with Crippen LogP contribution in [-0.2, 0) is 32.6 Å². The molecule has 0 saturated carbocycles. The molecule has 2 amide bonds. The van der Waals surface area contributed by atoms with E-state index in [4.69, 9.17) is 32.7 Å². The lowest BCUT2D eigenvalue weighted by Crippen LogP contribution is -2.53. The summed E-state index contributed by atoms with van der Waals surface area (Å²) < 4.78 is 53.9.